The number of benzene rings is 2. The zero-order valence-corrected chi connectivity index (χ0v) is 17.5. The Kier molecular flexibility index (Phi) is 5.54. The Balaban J connectivity index is 2.04. The average Bonchev–Trinajstić information content (AvgIpc) is 2.94. The molecule has 1 amide bonds. The molecule has 1 aromatic heterocycles. The molecule has 144 valence electrons. The van der Waals surface area contributed by atoms with E-state index in [-0.39, 0.29) is 23.8 Å². The molecule has 0 aliphatic heterocycles. The Labute approximate surface area is 168 Å². The fraction of sp³-hybridized carbons (Fsp3) is 0.238. The molecular formula is C21H20N2O3S2. The quantitative estimate of drug-likeness (QED) is 0.619. The van der Waals surface area contributed by atoms with Crippen LogP contribution in [0.2, 0.25) is 0 Å². The molecule has 2 aromatic carbocycles. The van der Waals surface area contributed by atoms with Gasteiger partial charge >= 0.3 is 0 Å². The lowest BCUT2D eigenvalue weighted by atomic mass is 10.0. The molecule has 0 aliphatic rings. The lowest BCUT2D eigenvalue weighted by Crippen LogP contribution is -2.17. The van der Waals surface area contributed by atoms with Crippen molar-refractivity contribution in [1.82, 2.24) is 4.57 Å². The monoisotopic (exact) mass is 412 g/mol. The van der Waals surface area contributed by atoms with Crippen LogP contribution in [0.4, 0.5) is 0 Å². The number of rotatable bonds is 4. The molecule has 3 aromatic rings. The number of amides is 1. The van der Waals surface area contributed by atoms with Crippen LogP contribution in [0.5, 0.6) is 0 Å². The van der Waals surface area contributed by atoms with Crippen molar-refractivity contribution in [2.24, 2.45) is 4.99 Å². The minimum absolute atomic E-state index is 0.194. The number of aromatic nitrogens is 1. The summed E-state index contributed by atoms with van der Waals surface area (Å²) in [6, 6.07) is 10.7. The van der Waals surface area contributed by atoms with Crippen LogP contribution in [0.15, 0.2) is 46.3 Å². The van der Waals surface area contributed by atoms with Gasteiger partial charge in [-0.2, -0.15) is 4.99 Å². The Bertz CT molecular complexity index is 1290. The Morgan fingerprint density at radius 1 is 1.18 bits per heavy atom. The zero-order chi connectivity index (χ0) is 20.5. The molecule has 0 spiro atoms. The third-order valence-electron chi connectivity index (χ3n) is 4.48. The Hall–Kier alpha value is -2.69. The SMILES string of the molecule is C#CCn1c(=NC(=O)Cc2ccc(C)c(C)c2)sc2cc(S(C)(=O)=O)ccc21. The summed E-state index contributed by atoms with van der Waals surface area (Å²) >= 11 is 1.25. The fourth-order valence-corrected chi connectivity index (χ4v) is 4.66. The maximum absolute atomic E-state index is 12.5. The van der Waals surface area contributed by atoms with Crippen molar-refractivity contribution in [2.45, 2.75) is 31.7 Å². The molecule has 0 radical (unpaired) electrons. The van der Waals surface area contributed by atoms with Gasteiger partial charge < -0.3 is 4.57 Å². The highest BCUT2D eigenvalue weighted by Crippen LogP contribution is 2.22. The molecule has 0 atom stereocenters. The summed E-state index contributed by atoms with van der Waals surface area (Å²) in [6.07, 6.45) is 6.83. The van der Waals surface area contributed by atoms with E-state index in [9.17, 15) is 13.2 Å². The van der Waals surface area contributed by atoms with Crippen LogP contribution in [0.1, 0.15) is 16.7 Å². The third kappa shape index (κ3) is 4.24. The second-order valence-corrected chi connectivity index (χ2v) is 9.70. The van der Waals surface area contributed by atoms with Gasteiger partial charge in [-0.1, -0.05) is 35.5 Å². The van der Waals surface area contributed by atoms with Gasteiger partial charge in [0.05, 0.1) is 28.1 Å². The predicted octanol–water partition coefficient (Wildman–Crippen LogP) is 3.03. The van der Waals surface area contributed by atoms with Crippen LogP contribution in [0.25, 0.3) is 10.2 Å². The number of hydrogen-bond donors (Lipinski definition) is 0. The van der Waals surface area contributed by atoms with Crippen molar-refractivity contribution < 1.29 is 13.2 Å². The summed E-state index contributed by atoms with van der Waals surface area (Å²) in [5.41, 5.74) is 3.96. The Morgan fingerprint density at radius 3 is 2.57 bits per heavy atom. The fourth-order valence-electron chi connectivity index (χ4n) is 2.85. The smallest absolute Gasteiger partial charge is 0.252 e. The normalized spacial score (nSPS) is 12.3. The van der Waals surface area contributed by atoms with Gasteiger partial charge in [-0.15, -0.1) is 6.42 Å². The first-order valence-electron chi connectivity index (χ1n) is 8.59. The highest BCUT2D eigenvalue weighted by atomic mass is 32.2. The summed E-state index contributed by atoms with van der Waals surface area (Å²) in [5, 5.41) is 0. The predicted molar refractivity (Wildman–Crippen MR) is 112 cm³/mol. The van der Waals surface area contributed by atoms with Crippen LogP contribution >= 0.6 is 11.3 Å². The van der Waals surface area contributed by atoms with Crippen LogP contribution in [0.3, 0.4) is 0 Å². The molecule has 0 saturated heterocycles. The number of terminal acetylenes is 1. The molecular weight excluding hydrogens is 392 g/mol. The molecule has 5 nitrogen and oxygen atoms in total. The topological polar surface area (TPSA) is 68.5 Å². The lowest BCUT2D eigenvalue weighted by Gasteiger charge is -2.03. The number of aryl methyl sites for hydroxylation is 2. The number of fused-ring (bicyclic) bond motifs is 1. The van der Waals surface area contributed by atoms with Crippen LogP contribution in [0, 0.1) is 26.2 Å². The van der Waals surface area contributed by atoms with Gasteiger partial charge in [-0.05, 0) is 48.7 Å². The molecule has 0 saturated carbocycles. The van der Waals surface area contributed by atoms with Gasteiger partial charge in [0.1, 0.15) is 0 Å². The van der Waals surface area contributed by atoms with Crippen molar-refractivity contribution in [3.63, 3.8) is 0 Å². The zero-order valence-electron chi connectivity index (χ0n) is 15.9. The molecule has 1 heterocycles. The molecule has 7 heteroatoms. The first-order chi connectivity index (χ1) is 13.2. The van der Waals surface area contributed by atoms with E-state index in [1.54, 1.807) is 16.7 Å². The van der Waals surface area contributed by atoms with Gasteiger partial charge in [0.25, 0.3) is 5.91 Å². The molecule has 0 unspecified atom stereocenters. The van der Waals surface area contributed by atoms with Crippen LogP contribution in [-0.4, -0.2) is 25.1 Å². The second kappa shape index (κ2) is 7.74. The molecule has 28 heavy (non-hydrogen) atoms. The second-order valence-electron chi connectivity index (χ2n) is 6.68. The summed E-state index contributed by atoms with van der Waals surface area (Å²) in [6.45, 7) is 4.27. The van der Waals surface area contributed by atoms with Crippen molar-refractivity contribution in [3.05, 3.63) is 57.9 Å². The van der Waals surface area contributed by atoms with Crippen molar-refractivity contribution in [2.75, 3.05) is 6.26 Å². The molecule has 0 bridgehead atoms. The number of carbonyl (C=O) groups excluding carboxylic acids is 1. The van der Waals surface area contributed by atoms with Crippen molar-refractivity contribution in [3.8, 4) is 12.3 Å². The maximum Gasteiger partial charge on any atom is 0.252 e. The van der Waals surface area contributed by atoms with E-state index in [1.807, 2.05) is 32.0 Å². The van der Waals surface area contributed by atoms with E-state index >= 15 is 0 Å². The molecule has 0 fully saturated rings. The summed E-state index contributed by atoms with van der Waals surface area (Å²) in [7, 11) is -3.32. The lowest BCUT2D eigenvalue weighted by molar-refractivity contribution is -0.117. The highest BCUT2D eigenvalue weighted by Gasteiger charge is 2.13. The van der Waals surface area contributed by atoms with Gasteiger partial charge in [0, 0.05) is 6.26 Å². The van der Waals surface area contributed by atoms with Crippen LogP contribution in [-0.2, 0) is 27.6 Å². The highest BCUT2D eigenvalue weighted by molar-refractivity contribution is 7.90. The first-order valence-corrected chi connectivity index (χ1v) is 11.3. The first kappa shape index (κ1) is 20.1. The summed E-state index contributed by atoms with van der Waals surface area (Å²) in [5.74, 6) is 2.29. The summed E-state index contributed by atoms with van der Waals surface area (Å²) < 4.78 is 26.1. The van der Waals surface area contributed by atoms with Crippen LogP contribution < -0.4 is 4.80 Å². The number of carbonyl (C=O) groups is 1. The number of sulfone groups is 1. The van der Waals surface area contributed by atoms with Gasteiger partial charge in [0.15, 0.2) is 14.6 Å². The average molecular weight is 413 g/mol. The van der Waals surface area contributed by atoms with Gasteiger partial charge in [0.2, 0.25) is 0 Å². The largest absolute Gasteiger partial charge is 0.305 e. The maximum atomic E-state index is 12.5. The van der Waals surface area contributed by atoms with Gasteiger partial charge in [-0.25, -0.2) is 8.42 Å². The molecule has 0 N–H and O–H groups in total. The van der Waals surface area contributed by atoms with Gasteiger partial charge in [-0.3, -0.25) is 4.79 Å². The summed E-state index contributed by atoms with van der Waals surface area (Å²) in [4.78, 5) is 17.5. The minimum Gasteiger partial charge on any atom is -0.305 e. The number of hydrogen-bond acceptors (Lipinski definition) is 4. The van der Waals surface area contributed by atoms with E-state index in [1.165, 1.54) is 23.0 Å². The molecule has 0 aliphatic carbocycles. The number of nitrogens with zero attached hydrogens (tertiary/aromatic N) is 2. The van der Waals surface area contributed by atoms with E-state index in [4.69, 9.17) is 6.42 Å². The Morgan fingerprint density at radius 2 is 1.93 bits per heavy atom. The van der Waals surface area contributed by atoms with E-state index in [0.717, 1.165) is 27.6 Å². The van der Waals surface area contributed by atoms with E-state index in [2.05, 4.69) is 10.9 Å². The van der Waals surface area contributed by atoms with E-state index in [0.29, 0.717) is 4.80 Å². The van der Waals surface area contributed by atoms with Crippen molar-refractivity contribution >= 4 is 37.3 Å². The minimum atomic E-state index is -3.32. The van der Waals surface area contributed by atoms with Crippen molar-refractivity contribution in [1.29, 1.82) is 0 Å². The van der Waals surface area contributed by atoms with E-state index < -0.39 is 9.84 Å². The third-order valence-corrected chi connectivity index (χ3v) is 6.63. The number of thiazole rings is 1. The standard InChI is InChI=1S/C21H20N2O3S2/c1-5-10-23-18-9-8-17(28(4,25)26)13-19(18)27-21(23)22-20(24)12-16-7-6-14(2)15(3)11-16/h1,6-9,11,13H,10,12H2,2-4H3. The molecule has 3 rings (SSSR count).